The zero-order valence-corrected chi connectivity index (χ0v) is 12.6. The van der Waals surface area contributed by atoms with Gasteiger partial charge in [-0.3, -0.25) is 4.90 Å². The van der Waals surface area contributed by atoms with Crippen molar-refractivity contribution >= 4 is 0 Å². The Kier molecular flexibility index (Phi) is 5.47. The van der Waals surface area contributed by atoms with E-state index in [0.717, 1.165) is 31.8 Å². The molecule has 0 unspecified atom stereocenters. The maximum absolute atomic E-state index is 12.6. The highest BCUT2D eigenvalue weighted by atomic mass is 19.4. The Labute approximate surface area is 128 Å². The third-order valence-corrected chi connectivity index (χ3v) is 3.64. The van der Waals surface area contributed by atoms with E-state index >= 15 is 0 Å². The summed E-state index contributed by atoms with van der Waals surface area (Å²) in [6, 6.07) is 6.22. The molecule has 1 atom stereocenters. The molecule has 0 aromatic heterocycles. The van der Waals surface area contributed by atoms with Crippen LogP contribution in [0.3, 0.4) is 0 Å². The van der Waals surface area contributed by atoms with Crippen LogP contribution in [0.4, 0.5) is 13.2 Å². The van der Waals surface area contributed by atoms with Gasteiger partial charge < -0.3 is 10.1 Å². The van der Waals surface area contributed by atoms with Crippen LogP contribution < -0.4 is 10.1 Å². The highest BCUT2D eigenvalue weighted by Crippen LogP contribution is 2.36. The molecule has 1 aliphatic heterocycles. The van der Waals surface area contributed by atoms with E-state index in [1.54, 1.807) is 18.2 Å². The molecular formula is C16H21F3N2O. The number of piperazine rings is 1. The van der Waals surface area contributed by atoms with E-state index in [0.29, 0.717) is 12.0 Å². The third-order valence-electron chi connectivity index (χ3n) is 3.64. The lowest BCUT2D eigenvalue weighted by Crippen LogP contribution is -2.45. The van der Waals surface area contributed by atoms with Crippen molar-refractivity contribution < 1.29 is 17.9 Å². The lowest BCUT2D eigenvalue weighted by molar-refractivity contribution is -0.275. The van der Waals surface area contributed by atoms with Gasteiger partial charge in [-0.05, 0) is 19.4 Å². The number of ether oxygens (including phenoxy) is 1. The molecule has 0 radical (unpaired) electrons. The van der Waals surface area contributed by atoms with E-state index in [1.165, 1.54) is 6.07 Å². The van der Waals surface area contributed by atoms with E-state index in [2.05, 4.69) is 21.5 Å². The van der Waals surface area contributed by atoms with Crippen molar-refractivity contribution in [3.63, 3.8) is 0 Å². The molecule has 22 heavy (non-hydrogen) atoms. The standard InChI is InChI=1S/C16H21F3N2O/c1-12(2)11-14(21-9-7-20-8-10-21)13-5-3-4-6-15(13)22-16(17,18)19/h3-6,14,20H,1,7-11H2,2H3/t14-/m1/s1. The number of rotatable bonds is 5. The Morgan fingerprint density at radius 2 is 1.95 bits per heavy atom. The molecule has 1 saturated heterocycles. The van der Waals surface area contributed by atoms with E-state index in [1.807, 2.05) is 6.92 Å². The number of para-hydroxylation sites is 1. The van der Waals surface area contributed by atoms with Crippen LogP contribution in [0.1, 0.15) is 24.9 Å². The van der Waals surface area contributed by atoms with Crippen molar-refractivity contribution in [2.75, 3.05) is 26.2 Å². The molecule has 0 bridgehead atoms. The van der Waals surface area contributed by atoms with E-state index < -0.39 is 6.36 Å². The molecule has 1 heterocycles. The van der Waals surface area contributed by atoms with Gasteiger partial charge in [-0.2, -0.15) is 0 Å². The van der Waals surface area contributed by atoms with Gasteiger partial charge in [-0.1, -0.05) is 23.8 Å². The summed E-state index contributed by atoms with van der Waals surface area (Å²) in [5.41, 5.74) is 1.50. The number of nitrogens with zero attached hydrogens (tertiary/aromatic N) is 1. The van der Waals surface area contributed by atoms with Gasteiger partial charge in [0, 0.05) is 37.8 Å². The smallest absolute Gasteiger partial charge is 0.405 e. The molecule has 1 aromatic carbocycles. The average Bonchev–Trinajstić information content (AvgIpc) is 2.45. The van der Waals surface area contributed by atoms with E-state index in [9.17, 15) is 13.2 Å². The minimum Gasteiger partial charge on any atom is -0.405 e. The molecule has 1 aliphatic rings. The Morgan fingerprint density at radius 3 is 2.55 bits per heavy atom. The fraction of sp³-hybridized carbons (Fsp3) is 0.500. The zero-order valence-electron chi connectivity index (χ0n) is 12.6. The highest BCUT2D eigenvalue weighted by Gasteiger charge is 2.34. The highest BCUT2D eigenvalue weighted by molar-refractivity contribution is 5.37. The maximum atomic E-state index is 12.6. The van der Waals surface area contributed by atoms with Crippen LogP contribution in [-0.2, 0) is 0 Å². The molecule has 6 heteroatoms. The van der Waals surface area contributed by atoms with Crippen molar-refractivity contribution in [3.05, 3.63) is 42.0 Å². The predicted molar refractivity (Wildman–Crippen MR) is 79.7 cm³/mol. The molecule has 1 fully saturated rings. The Morgan fingerprint density at radius 1 is 1.32 bits per heavy atom. The van der Waals surface area contributed by atoms with Gasteiger partial charge in [0.1, 0.15) is 5.75 Å². The van der Waals surface area contributed by atoms with Crippen LogP contribution in [0.25, 0.3) is 0 Å². The SMILES string of the molecule is C=C(C)C[C@H](c1ccccc1OC(F)(F)F)N1CCNCC1. The molecule has 2 rings (SSSR count). The quantitative estimate of drug-likeness (QED) is 0.842. The second kappa shape index (κ2) is 7.15. The van der Waals surface area contributed by atoms with Crippen molar-refractivity contribution in [1.82, 2.24) is 10.2 Å². The van der Waals surface area contributed by atoms with Gasteiger partial charge >= 0.3 is 6.36 Å². The molecule has 0 amide bonds. The number of halogens is 3. The summed E-state index contributed by atoms with van der Waals surface area (Å²) >= 11 is 0. The number of hydrogen-bond acceptors (Lipinski definition) is 3. The minimum absolute atomic E-state index is 0.125. The Bertz CT molecular complexity index is 510. The summed E-state index contributed by atoms with van der Waals surface area (Å²) in [7, 11) is 0. The Hall–Kier alpha value is -1.53. The van der Waals surface area contributed by atoms with Crippen LogP contribution in [-0.4, -0.2) is 37.4 Å². The number of alkyl halides is 3. The summed E-state index contributed by atoms with van der Waals surface area (Å²) in [6.45, 7) is 9.04. The third kappa shape index (κ3) is 4.74. The van der Waals surface area contributed by atoms with Crippen LogP contribution in [0.15, 0.2) is 36.4 Å². The fourth-order valence-corrected chi connectivity index (χ4v) is 2.73. The van der Waals surface area contributed by atoms with Crippen LogP contribution in [0.5, 0.6) is 5.75 Å². The number of benzene rings is 1. The molecule has 0 saturated carbocycles. The first-order valence-corrected chi connectivity index (χ1v) is 7.30. The topological polar surface area (TPSA) is 24.5 Å². The normalized spacial score (nSPS) is 18.0. The van der Waals surface area contributed by atoms with Gasteiger partial charge in [-0.25, -0.2) is 0 Å². The summed E-state index contributed by atoms with van der Waals surface area (Å²) in [5.74, 6) is -0.125. The first kappa shape index (κ1) is 16.8. The van der Waals surface area contributed by atoms with Crippen LogP contribution in [0, 0.1) is 0 Å². The average molecular weight is 314 g/mol. The van der Waals surface area contributed by atoms with Gasteiger partial charge in [0.15, 0.2) is 0 Å². The summed E-state index contributed by atoms with van der Waals surface area (Å²) in [4.78, 5) is 2.18. The summed E-state index contributed by atoms with van der Waals surface area (Å²) in [6.07, 6.45) is -4.08. The first-order chi connectivity index (χ1) is 10.4. The minimum atomic E-state index is -4.69. The molecular weight excluding hydrogens is 293 g/mol. The van der Waals surface area contributed by atoms with Gasteiger partial charge in [0.25, 0.3) is 0 Å². The largest absolute Gasteiger partial charge is 0.573 e. The first-order valence-electron chi connectivity index (χ1n) is 7.30. The molecule has 122 valence electrons. The summed E-state index contributed by atoms with van der Waals surface area (Å²) in [5, 5.41) is 3.25. The predicted octanol–water partition coefficient (Wildman–Crippen LogP) is 3.50. The molecule has 1 aromatic rings. The van der Waals surface area contributed by atoms with Crippen molar-refractivity contribution in [2.24, 2.45) is 0 Å². The lowest BCUT2D eigenvalue weighted by atomic mass is 9.97. The number of hydrogen-bond donors (Lipinski definition) is 1. The lowest BCUT2D eigenvalue weighted by Gasteiger charge is -2.36. The van der Waals surface area contributed by atoms with E-state index in [-0.39, 0.29) is 11.8 Å². The van der Waals surface area contributed by atoms with Gasteiger partial charge in [0.2, 0.25) is 0 Å². The number of nitrogens with one attached hydrogen (secondary N) is 1. The molecule has 1 N–H and O–H groups in total. The monoisotopic (exact) mass is 314 g/mol. The summed E-state index contributed by atoms with van der Waals surface area (Å²) < 4.78 is 42.1. The molecule has 0 aliphatic carbocycles. The van der Waals surface area contributed by atoms with Crippen molar-refractivity contribution in [3.8, 4) is 5.75 Å². The van der Waals surface area contributed by atoms with Crippen molar-refractivity contribution in [2.45, 2.75) is 25.7 Å². The second-order valence-electron chi connectivity index (χ2n) is 5.55. The van der Waals surface area contributed by atoms with Gasteiger partial charge in [0.05, 0.1) is 0 Å². The molecule has 3 nitrogen and oxygen atoms in total. The molecule has 0 spiro atoms. The van der Waals surface area contributed by atoms with Crippen LogP contribution in [0.2, 0.25) is 0 Å². The Balaban J connectivity index is 2.31. The fourth-order valence-electron chi connectivity index (χ4n) is 2.73. The maximum Gasteiger partial charge on any atom is 0.573 e. The van der Waals surface area contributed by atoms with Crippen LogP contribution >= 0.6 is 0 Å². The zero-order chi connectivity index (χ0) is 16.2. The van der Waals surface area contributed by atoms with E-state index in [4.69, 9.17) is 0 Å². The van der Waals surface area contributed by atoms with Gasteiger partial charge in [-0.15, -0.1) is 19.8 Å². The van der Waals surface area contributed by atoms with Crippen molar-refractivity contribution in [1.29, 1.82) is 0 Å². The second-order valence-corrected chi connectivity index (χ2v) is 5.55.